The minimum Gasteiger partial charge on any atom is -0.508 e. The summed E-state index contributed by atoms with van der Waals surface area (Å²) in [6.07, 6.45) is 7.63. The lowest BCUT2D eigenvalue weighted by molar-refractivity contribution is 0.104. The van der Waals surface area contributed by atoms with Crippen molar-refractivity contribution in [1.82, 2.24) is 0 Å². The number of phenolic OH excluding ortho intramolecular Hbond substituents is 3. The topological polar surface area (TPSA) is 107 Å². The van der Waals surface area contributed by atoms with E-state index in [0.29, 0.717) is 18.4 Å². The van der Waals surface area contributed by atoms with Crippen LogP contribution in [0.4, 0.5) is 0 Å². The molecule has 41 heavy (non-hydrogen) atoms. The van der Waals surface area contributed by atoms with E-state index in [9.17, 15) is 25.2 Å². The van der Waals surface area contributed by atoms with Gasteiger partial charge in [-0.2, -0.15) is 0 Å². The summed E-state index contributed by atoms with van der Waals surface area (Å²) in [5.74, 6) is -1.73. The zero-order valence-electron chi connectivity index (χ0n) is 22.9. The summed E-state index contributed by atoms with van der Waals surface area (Å²) in [5.41, 5.74) is 2.65. The molecule has 0 fully saturated rings. The number of carbonyl (C=O) groups is 1. The zero-order chi connectivity index (χ0) is 29.2. The highest BCUT2D eigenvalue weighted by Crippen LogP contribution is 2.45. The van der Waals surface area contributed by atoms with Crippen molar-refractivity contribution in [2.75, 3.05) is 7.11 Å². The number of rotatable bonds is 12. The number of phenols is 3. The normalized spacial score (nSPS) is 12.9. The minimum atomic E-state index is -0.688. The van der Waals surface area contributed by atoms with Crippen LogP contribution in [-0.2, 0) is 6.42 Å². The van der Waals surface area contributed by atoms with Gasteiger partial charge < -0.3 is 25.2 Å². The number of methoxy groups -OCH3 is 1. The van der Waals surface area contributed by atoms with Crippen LogP contribution in [0.3, 0.4) is 0 Å². The average Bonchev–Trinajstić information content (AvgIpc) is 2.99. The van der Waals surface area contributed by atoms with Crippen molar-refractivity contribution in [1.29, 1.82) is 0 Å². The molecule has 0 heterocycles. The summed E-state index contributed by atoms with van der Waals surface area (Å²) in [6, 6.07) is 26.9. The van der Waals surface area contributed by atoms with Crippen LogP contribution in [0.25, 0.3) is 6.08 Å². The lowest BCUT2D eigenvalue weighted by Crippen LogP contribution is -2.08. The molecular weight excluding hydrogens is 516 g/mol. The van der Waals surface area contributed by atoms with Gasteiger partial charge in [-0.3, -0.25) is 4.79 Å². The third-order valence-corrected chi connectivity index (χ3v) is 6.88. The van der Waals surface area contributed by atoms with Crippen LogP contribution in [-0.4, -0.2) is 39.4 Å². The number of allylic oxidation sites excluding steroid dienone is 2. The Morgan fingerprint density at radius 3 is 2.22 bits per heavy atom. The Hall–Kier alpha value is -4.81. The maximum Gasteiger partial charge on any atom is 0.193 e. The van der Waals surface area contributed by atoms with Gasteiger partial charge in [-0.15, -0.1) is 0 Å². The second kappa shape index (κ2) is 14.0. The van der Waals surface area contributed by atoms with E-state index in [1.54, 1.807) is 30.4 Å². The number of aliphatic hydroxyl groups is 1. The first-order valence-electron chi connectivity index (χ1n) is 13.4. The number of carbonyl (C=O) groups excluding carboxylic acids is 1. The number of benzene rings is 4. The predicted octanol–water partition coefficient (Wildman–Crippen LogP) is 6.78. The molecule has 0 aliphatic carbocycles. The van der Waals surface area contributed by atoms with E-state index >= 15 is 0 Å². The first-order chi connectivity index (χ1) is 19.9. The third kappa shape index (κ3) is 7.65. The highest BCUT2D eigenvalue weighted by atomic mass is 16.5. The Labute approximate surface area is 240 Å². The first kappa shape index (κ1) is 29.2. The summed E-state index contributed by atoms with van der Waals surface area (Å²) in [5, 5.41) is 42.9. The molecule has 0 bridgehead atoms. The number of aromatic hydroxyl groups is 3. The number of ether oxygens (including phenoxy) is 1. The van der Waals surface area contributed by atoms with Crippen LogP contribution < -0.4 is 4.74 Å². The van der Waals surface area contributed by atoms with Crippen molar-refractivity contribution >= 4 is 11.9 Å². The Morgan fingerprint density at radius 1 is 0.902 bits per heavy atom. The van der Waals surface area contributed by atoms with Crippen molar-refractivity contribution in [2.24, 2.45) is 0 Å². The fraction of sp³-hybridized carbons (Fsp3) is 0.171. The Bertz CT molecular complexity index is 1490. The van der Waals surface area contributed by atoms with Gasteiger partial charge in [0.2, 0.25) is 0 Å². The molecule has 210 valence electrons. The van der Waals surface area contributed by atoms with Crippen molar-refractivity contribution in [3.05, 3.63) is 137 Å². The molecule has 4 aromatic carbocycles. The van der Waals surface area contributed by atoms with Crippen LogP contribution in [0.2, 0.25) is 0 Å². The van der Waals surface area contributed by atoms with Crippen LogP contribution in [0.1, 0.15) is 51.4 Å². The second-order valence-corrected chi connectivity index (χ2v) is 9.75. The van der Waals surface area contributed by atoms with Gasteiger partial charge in [-0.25, -0.2) is 0 Å². The molecule has 0 aliphatic heterocycles. The molecule has 0 aromatic heterocycles. The van der Waals surface area contributed by atoms with Crippen LogP contribution >= 0.6 is 0 Å². The largest absolute Gasteiger partial charge is 0.508 e. The van der Waals surface area contributed by atoms with Gasteiger partial charge in [0.05, 0.1) is 13.2 Å². The van der Waals surface area contributed by atoms with Crippen molar-refractivity contribution in [3.63, 3.8) is 0 Å². The monoisotopic (exact) mass is 550 g/mol. The lowest BCUT2D eigenvalue weighted by atomic mass is 9.86. The number of aliphatic hydroxyl groups excluding tert-OH is 1. The molecule has 0 unspecified atom stereocenters. The number of hydrogen-bond acceptors (Lipinski definition) is 6. The highest BCUT2D eigenvalue weighted by molar-refractivity contribution is 6.11. The van der Waals surface area contributed by atoms with E-state index in [4.69, 9.17) is 4.74 Å². The maximum absolute atomic E-state index is 13.3. The molecule has 4 aromatic rings. The molecule has 4 rings (SSSR count). The van der Waals surface area contributed by atoms with Crippen molar-refractivity contribution in [3.8, 4) is 23.0 Å². The molecular formula is C35H34O6. The molecule has 0 radical (unpaired) electrons. The fourth-order valence-corrected chi connectivity index (χ4v) is 4.70. The lowest BCUT2D eigenvalue weighted by Gasteiger charge is -2.20. The van der Waals surface area contributed by atoms with Gasteiger partial charge in [0.25, 0.3) is 0 Å². The smallest absolute Gasteiger partial charge is 0.193 e. The minimum absolute atomic E-state index is 0.0382. The molecule has 6 heteroatoms. The SMILES string of the molecule is COc1cc(O)c([C@H](C=CC[C@H](O)CCc2ccccc2)c2ccc(O)cc2)c(O)c1C(=O)C=Cc1ccccc1. The summed E-state index contributed by atoms with van der Waals surface area (Å²) < 4.78 is 5.35. The van der Waals surface area contributed by atoms with Gasteiger partial charge in [-0.1, -0.05) is 91.0 Å². The van der Waals surface area contributed by atoms with E-state index in [0.717, 1.165) is 17.5 Å². The predicted molar refractivity (Wildman–Crippen MR) is 161 cm³/mol. The highest BCUT2D eigenvalue weighted by Gasteiger charge is 2.27. The van der Waals surface area contributed by atoms with Crippen LogP contribution in [0.15, 0.2) is 109 Å². The Balaban J connectivity index is 1.66. The first-order valence-corrected chi connectivity index (χ1v) is 13.4. The van der Waals surface area contributed by atoms with E-state index in [1.165, 1.54) is 31.4 Å². The zero-order valence-corrected chi connectivity index (χ0v) is 22.9. The van der Waals surface area contributed by atoms with Gasteiger partial charge in [0, 0.05) is 17.5 Å². The maximum atomic E-state index is 13.3. The summed E-state index contributed by atoms with van der Waals surface area (Å²) >= 11 is 0. The molecule has 4 N–H and O–H groups in total. The van der Waals surface area contributed by atoms with Gasteiger partial charge >= 0.3 is 0 Å². The molecule has 6 nitrogen and oxygen atoms in total. The molecule has 2 atom stereocenters. The fourth-order valence-electron chi connectivity index (χ4n) is 4.70. The van der Waals surface area contributed by atoms with Crippen LogP contribution in [0.5, 0.6) is 23.0 Å². The molecule has 0 amide bonds. The van der Waals surface area contributed by atoms with E-state index in [1.807, 2.05) is 60.7 Å². The number of ketones is 1. The average molecular weight is 551 g/mol. The quantitative estimate of drug-likeness (QED) is 0.0880. The van der Waals surface area contributed by atoms with Crippen LogP contribution in [0, 0.1) is 0 Å². The molecule has 0 aliphatic rings. The van der Waals surface area contributed by atoms with Gasteiger partial charge in [0.1, 0.15) is 28.6 Å². The van der Waals surface area contributed by atoms with Crippen molar-refractivity contribution < 1.29 is 30.0 Å². The number of aryl methyl sites for hydroxylation is 1. The standard InChI is InChI=1S/C35H34O6/c1-41-32-23-31(39)33(35(40)34(32)30(38)22-16-25-11-6-3-7-12-25)29(26-17-20-28(37)21-18-26)14-8-13-27(36)19-15-24-9-4-2-5-10-24/h2-12,14,16-18,20-23,27,29,36-37,39-40H,13,15,19H2,1H3/t27-,29+/m0/s1. The van der Waals surface area contributed by atoms with Crippen molar-refractivity contribution in [2.45, 2.75) is 31.3 Å². The van der Waals surface area contributed by atoms with E-state index < -0.39 is 23.6 Å². The van der Waals surface area contributed by atoms with Gasteiger partial charge in [-0.05, 0) is 54.2 Å². The summed E-state index contributed by atoms with van der Waals surface area (Å²) in [6.45, 7) is 0. The Morgan fingerprint density at radius 2 is 1.56 bits per heavy atom. The molecule has 0 saturated heterocycles. The summed E-state index contributed by atoms with van der Waals surface area (Å²) in [7, 11) is 1.36. The third-order valence-electron chi connectivity index (χ3n) is 6.88. The number of hydrogen-bond donors (Lipinski definition) is 4. The van der Waals surface area contributed by atoms with E-state index in [-0.39, 0.29) is 28.4 Å². The summed E-state index contributed by atoms with van der Waals surface area (Å²) in [4.78, 5) is 13.3. The molecule has 0 spiro atoms. The van der Waals surface area contributed by atoms with Gasteiger partial charge in [0.15, 0.2) is 5.78 Å². The van der Waals surface area contributed by atoms with E-state index in [2.05, 4.69) is 0 Å². The Kier molecular flexibility index (Phi) is 9.97. The second-order valence-electron chi connectivity index (χ2n) is 9.75. The molecule has 0 saturated carbocycles.